The number of carbonyl (C=O) groups is 1. The maximum Gasteiger partial charge on any atom is 0.226 e. The summed E-state index contributed by atoms with van der Waals surface area (Å²) in [5.74, 6) is 0. The van der Waals surface area contributed by atoms with Gasteiger partial charge in [-0.05, 0) is 53.1 Å². The quantitative estimate of drug-likeness (QED) is 0.716. The summed E-state index contributed by atoms with van der Waals surface area (Å²) in [4.78, 5) is 11.1. The van der Waals surface area contributed by atoms with Crippen LogP contribution in [0.1, 0.15) is 43.0 Å². The fourth-order valence-corrected chi connectivity index (χ4v) is 2.20. The standard InChI is InChI=1S/C14H19ClO/c1-4-10-7-11(5-2)13(9-14(15)16)12(6-3)8-10/h7-8H,4-6,9H2,1-3H3. The first-order valence-corrected chi connectivity index (χ1v) is 6.31. The molecule has 0 amide bonds. The fraction of sp³-hybridized carbons (Fsp3) is 0.500. The average molecular weight is 239 g/mol. The zero-order valence-corrected chi connectivity index (χ0v) is 11.0. The van der Waals surface area contributed by atoms with Gasteiger partial charge in [0.2, 0.25) is 5.24 Å². The number of hydrogen-bond acceptors (Lipinski definition) is 1. The lowest BCUT2D eigenvalue weighted by Crippen LogP contribution is -2.05. The Morgan fingerprint density at radius 2 is 1.56 bits per heavy atom. The largest absolute Gasteiger partial charge is 0.281 e. The molecule has 16 heavy (non-hydrogen) atoms. The van der Waals surface area contributed by atoms with Crippen LogP contribution in [-0.4, -0.2) is 5.24 Å². The SMILES string of the molecule is CCc1cc(CC)c(CC(=O)Cl)c(CC)c1. The molecule has 0 aliphatic rings. The van der Waals surface area contributed by atoms with Crippen LogP contribution in [0.25, 0.3) is 0 Å². The monoisotopic (exact) mass is 238 g/mol. The first-order valence-electron chi connectivity index (χ1n) is 5.94. The first kappa shape index (κ1) is 13.2. The maximum absolute atomic E-state index is 11.1. The normalized spacial score (nSPS) is 10.5. The van der Waals surface area contributed by atoms with E-state index in [2.05, 4.69) is 32.9 Å². The van der Waals surface area contributed by atoms with E-state index in [1.807, 2.05) is 0 Å². The first-order chi connectivity index (χ1) is 7.62. The molecular formula is C14H19ClO. The van der Waals surface area contributed by atoms with Crippen LogP contribution in [0, 0.1) is 0 Å². The predicted molar refractivity (Wildman–Crippen MR) is 69.1 cm³/mol. The van der Waals surface area contributed by atoms with Crippen molar-refractivity contribution >= 4 is 16.8 Å². The molecule has 0 bridgehead atoms. The van der Waals surface area contributed by atoms with Crippen molar-refractivity contribution in [1.29, 1.82) is 0 Å². The van der Waals surface area contributed by atoms with Crippen molar-refractivity contribution in [1.82, 2.24) is 0 Å². The highest BCUT2D eigenvalue weighted by molar-refractivity contribution is 6.63. The van der Waals surface area contributed by atoms with Crippen LogP contribution in [0.4, 0.5) is 0 Å². The van der Waals surface area contributed by atoms with E-state index in [-0.39, 0.29) is 5.24 Å². The Morgan fingerprint density at radius 1 is 1.06 bits per heavy atom. The van der Waals surface area contributed by atoms with Crippen LogP contribution >= 0.6 is 11.6 Å². The third-order valence-electron chi connectivity index (χ3n) is 2.98. The van der Waals surface area contributed by atoms with E-state index in [0.29, 0.717) is 6.42 Å². The highest BCUT2D eigenvalue weighted by Crippen LogP contribution is 2.21. The third-order valence-corrected chi connectivity index (χ3v) is 3.11. The second kappa shape index (κ2) is 6.05. The summed E-state index contributed by atoms with van der Waals surface area (Å²) in [6.45, 7) is 6.40. The van der Waals surface area contributed by atoms with Crippen LogP contribution < -0.4 is 0 Å². The molecule has 1 aromatic rings. The number of halogens is 1. The summed E-state index contributed by atoms with van der Waals surface area (Å²) in [5.41, 5.74) is 5.03. The Hall–Kier alpha value is -0.820. The van der Waals surface area contributed by atoms with E-state index in [9.17, 15) is 4.79 Å². The number of rotatable bonds is 5. The zero-order chi connectivity index (χ0) is 12.1. The molecule has 0 saturated heterocycles. The fourth-order valence-electron chi connectivity index (χ4n) is 2.07. The van der Waals surface area contributed by atoms with Gasteiger partial charge >= 0.3 is 0 Å². The zero-order valence-electron chi connectivity index (χ0n) is 10.3. The predicted octanol–water partition coefficient (Wildman–Crippen LogP) is 3.68. The Balaban J connectivity index is 3.25. The van der Waals surface area contributed by atoms with Crippen molar-refractivity contribution in [2.45, 2.75) is 46.5 Å². The van der Waals surface area contributed by atoms with Crippen LogP contribution in [0.5, 0.6) is 0 Å². The molecule has 0 aliphatic heterocycles. The van der Waals surface area contributed by atoms with Crippen LogP contribution in [-0.2, 0) is 30.5 Å². The van der Waals surface area contributed by atoms with Gasteiger partial charge in [0.15, 0.2) is 0 Å². The highest BCUT2D eigenvalue weighted by atomic mass is 35.5. The molecule has 0 N–H and O–H groups in total. The molecule has 1 rings (SSSR count). The van der Waals surface area contributed by atoms with Gasteiger partial charge < -0.3 is 0 Å². The molecule has 0 fully saturated rings. The minimum atomic E-state index is -0.270. The molecule has 0 atom stereocenters. The van der Waals surface area contributed by atoms with Crippen LogP contribution in [0.2, 0.25) is 0 Å². The Kier molecular flexibility index (Phi) is 5.01. The second-order valence-corrected chi connectivity index (χ2v) is 4.41. The molecule has 0 aliphatic carbocycles. The minimum Gasteiger partial charge on any atom is -0.281 e. The molecule has 1 nitrogen and oxygen atoms in total. The summed E-state index contributed by atoms with van der Waals surface area (Å²) in [5, 5.41) is -0.270. The molecule has 1 aromatic carbocycles. The lowest BCUT2D eigenvalue weighted by atomic mass is 9.92. The van der Waals surface area contributed by atoms with Gasteiger partial charge in [0.1, 0.15) is 0 Å². The summed E-state index contributed by atoms with van der Waals surface area (Å²) in [7, 11) is 0. The minimum absolute atomic E-state index is 0.270. The molecule has 88 valence electrons. The van der Waals surface area contributed by atoms with Crippen molar-refractivity contribution in [2.24, 2.45) is 0 Å². The van der Waals surface area contributed by atoms with Crippen molar-refractivity contribution < 1.29 is 4.79 Å². The van der Waals surface area contributed by atoms with Gasteiger partial charge in [0.05, 0.1) is 0 Å². The van der Waals surface area contributed by atoms with E-state index < -0.39 is 0 Å². The van der Waals surface area contributed by atoms with E-state index in [1.165, 1.54) is 16.7 Å². The van der Waals surface area contributed by atoms with Crippen LogP contribution in [0.3, 0.4) is 0 Å². The maximum atomic E-state index is 11.1. The summed E-state index contributed by atoms with van der Waals surface area (Å²) >= 11 is 5.50. The van der Waals surface area contributed by atoms with Crippen molar-refractivity contribution in [3.8, 4) is 0 Å². The molecule has 2 heteroatoms. The number of benzene rings is 1. The molecule has 0 spiro atoms. The summed E-state index contributed by atoms with van der Waals surface area (Å²) < 4.78 is 0. The van der Waals surface area contributed by atoms with Crippen molar-refractivity contribution in [2.75, 3.05) is 0 Å². The van der Waals surface area contributed by atoms with Gasteiger partial charge in [-0.25, -0.2) is 0 Å². The lowest BCUT2D eigenvalue weighted by Gasteiger charge is -2.14. The Morgan fingerprint density at radius 3 is 1.88 bits per heavy atom. The summed E-state index contributed by atoms with van der Waals surface area (Å²) in [6, 6.07) is 4.41. The summed E-state index contributed by atoms with van der Waals surface area (Å²) in [6.07, 6.45) is 3.31. The third kappa shape index (κ3) is 3.08. The topological polar surface area (TPSA) is 17.1 Å². The van der Waals surface area contributed by atoms with Gasteiger partial charge in [0.25, 0.3) is 0 Å². The molecule has 0 unspecified atom stereocenters. The van der Waals surface area contributed by atoms with Gasteiger partial charge in [-0.15, -0.1) is 0 Å². The Bertz CT molecular complexity index is 357. The molecular weight excluding hydrogens is 220 g/mol. The Labute approximate surface area is 103 Å². The van der Waals surface area contributed by atoms with E-state index in [0.717, 1.165) is 24.8 Å². The van der Waals surface area contributed by atoms with Crippen LogP contribution in [0.15, 0.2) is 12.1 Å². The molecule has 0 radical (unpaired) electrons. The highest BCUT2D eigenvalue weighted by Gasteiger charge is 2.11. The van der Waals surface area contributed by atoms with Gasteiger partial charge in [-0.1, -0.05) is 32.9 Å². The van der Waals surface area contributed by atoms with E-state index in [4.69, 9.17) is 11.6 Å². The smallest absolute Gasteiger partial charge is 0.226 e. The molecule has 0 heterocycles. The molecule has 0 aromatic heterocycles. The number of hydrogen-bond donors (Lipinski definition) is 0. The molecule has 0 saturated carbocycles. The van der Waals surface area contributed by atoms with E-state index in [1.54, 1.807) is 0 Å². The van der Waals surface area contributed by atoms with E-state index >= 15 is 0 Å². The lowest BCUT2D eigenvalue weighted by molar-refractivity contribution is -0.111. The van der Waals surface area contributed by atoms with Gasteiger partial charge in [-0.3, -0.25) is 4.79 Å². The average Bonchev–Trinajstić information content (AvgIpc) is 2.28. The van der Waals surface area contributed by atoms with Gasteiger partial charge in [0, 0.05) is 6.42 Å². The second-order valence-electron chi connectivity index (χ2n) is 3.99. The van der Waals surface area contributed by atoms with Crippen molar-refractivity contribution in [3.63, 3.8) is 0 Å². The van der Waals surface area contributed by atoms with Crippen molar-refractivity contribution in [3.05, 3.63) is 34.4 Å². The number of carbonyl (C=O) groups excluding carboxylic acids is 1. The van der Waals surface area contributed by atoms with Gasteiger partial charge in [-0.2, -0.15) is 0 Å². The number of aryl methyl sites for hydroxylation is 3.